The van der Waals surface area contributed by atoms with Crippen molar-refractivity contribution in [2.75, 3.05) is 11.1 Å². The summed E-state index contributed by atoms with van der Waals surface area (Å²) in [4.78, 5) is 22.1. The smallest absolute Gasteiger partial charge is 0.271 e. The van der Waals surface area contributed by atoms with Crippen molar-refractivity contribution in [3.8, 4) is 0 Å². The van der Waals surface area contributed by atoms with Gasteiger partial charge in [-0.2, -0.15) is 0 Å². The molecule has 2 rings (SSSR count). The number of nitrogens with zero attached hydrogens (tertiary/aromatic N) is 1. The number of carbonyl (C=O) groups excluding carboxylic acids is 1. The van der Waals surface area contributed by atoms with E-state index < -0.39 is 10.8 Å². The number of halogens is 1. The fourth-order valence-electron chi connectivity index (χ4n) is 1.59. The van der Waals surface area contributed by atoms with E-state index in [1.807, 2.05) is 0 Å². The van der Waals surface area contributed by atoms with Crippen LogP contribution in [-0.4, -0.2) is 10.8 Å². The molecule has 0 saturated carbocycles. The first-order chi connectivity index (χ1) is 9.47. The Bertz CT molecular complexity index is 688. The number of nitro groups is 1. The lowest BCUT2D eigenvalue weighted by Gasteiger charge is -2.06. The Labute approximate surface area is 119 Å². The van der Waals surface area contributed by atoms with Crippen LogP contribution in [0, 0.1) is 10.1 Å². The molecule has 0 aliphatic heterocycles. The summed E-state index contributed by atoms with van der Waals surface area (Å²) in [6.45, 7) is 0. The largest absolute Gasteiger partial charge is 0.398 e. The van der Waals surface area contributed by atoms with E-state index in [1.165, 1.54) is 36.4 Å². The number of nitrogen functional groups attached to an aromatic ring is 1. The number of rotatable bonds is 3. The Hall–Kier alpha value is -2.60. The van der Waals surface area contributed by atoms with Gasteiger partial charge in [-0.1, -0.05) is 17.7 Å². The normalized spacial score (nSPS) is 10.1. The molecule has 0 radical (unpaired) electrons. The molecule has 0 aliphatic rings. The van der Waals surface area contributed by atoms with Crippen LogP contribution in [0.2, 0.25) is 5.02 Å². The van der Waals surface area contributed by atoms with E-state index in [0.29, 0.717) is 22.0 Å². The number of carbonyl (C=O) groups is 1. The summed E-state index contributed by atoms with van der Waals surface area (Å²) in [6, 6.07) is 10.1. The molecular weight excluding hydrogens is 282 g/mol. The second kappa shape index (κ2) is 5.58. The van der Waals surface area contributed by atoms with E-state index in [2.05, 4.69) is 5.32 Å². The van der Waals surface area contributed by atoms with E-state index in [4.69, 9.17) is 17.3 Å². The minimum absolute atomic E-state index is 0.0987. The highest BCUT2D eigenvalue weighted by Crippen LogP contribution is 2.21. The first-order valence-corrected chi connectivity index (χ1v) is 5.96. The molecule has 0 bridgehead atoms. The van der Waals surface area contributed by atoms with Crippen molar-refractivity contribution in [3.05, 3.63) is 63.2 Å². The van der Waals surface area contributed by atoms with Crippen LogP contribution in [0.15, 0.2) is 42.5 Å². The van der Waals surface area contributed by atoms with Crippen LogP contribution in [0.25, 0.3) is 0 Å². The van der Waals surface area contributed by atoms with E-state index >= 15 is 0 Å². The zero-order valence-corrected chi connectivity index (χ0v) is 10.9. The maximum Gasteiger partial charge on any atom is 0.271 e. The summed E-state index contributed by atoms with van der Waals surface area (Å²) >= 11 is 5.77. The zero-order chi connectivity index (χ0) is 14.7. The third-order valence-electron chi connectivity index (χ3n) is 2.57. The molecule has 0 fully saturated rings. The molecule has 20 heavy (non-hydrogen) atoms. The van der Waals surface area contributed by atoms with Gasteiger partial charge in [0.25, 0.3) is 11.6 Å². The number of hydrogen-bond donors (Lipinski definition) is 2. The Morgan fingerprint density at radius 1 is 1.25 bits per heavy atom. The number of amides is 1. The summed E-state index contributed by atoms with van der Waals surface area (Å²) in [5.41, 5.74) is 6.46. The third kappa shape index (κ3) is 3.04. The predicted molar refractivity (Wildman–Crippen MR) is 76.9 cm³/mol. The van der Waals surface area contributed by atoms with Crippen LogP contribution >= 0.6 is 11.6 Å². The van der Waals surface area contributed by atoms with Crippen LogP contribution < -0.4 is 11.1 Å². The first-order valence-electron chi connectivity index (χ1n) is 5.58. The molecule has 6 nitrogen and oxygen atoms in total. The predicted octanol–water partition coefficient (Wildman–Crippen LogP) is 3.08. The van der Waals surface area contributed by atoms with Crippen LogP contribution in [0.1, 0.15) is 10.4 Å². The minimum atomic E-state index is -0.532. The number of nitrogens with two attached hydrogens (primary N) is 1. The highest BCUT2D eigenvalue weighted by atomic mass is 35.5. The van der Waals surface area contributed by atoms with Gasteiger partial charge in [0.15, 0.2) is 0 Å². The third-order valence-corrected chi connectivity index (χ3v) is 2.92. The topological polar surface area (TPSA) is 98.3 Å². The van der Waals surface area contributed by atoms with Gasteiger partial charge in [-0.05, 0) is 24.3 Å². The number of nitro benzene ring substituents is 1. The molecule has 0 saturated heterocycles. The second-order valence-electron chi connectivity index (χ2n) is 4.00. The Morgan fingerprint density at radius 2 is 2.00 bits per heavy atom. The average molecular weight is 292 g/mol. The van der Waals surface area contributed by atoms with Gasteiger partial charge >= 0.3 is 0 Å². The fourth-order valence-corrected chi connectivity index (χ4v) is 1.70. The highest BCUT2D eigenvalue weighted by molar-refractivity contribution is 6.33. The van der Waals surface area contributed by atoms with E-state index in [9.17, 15) is 14.9 Å². The highest BCUT2D eigenvalue weighted by Gasteiger charge is 2.10. The van der Waals surface area contributed by atoms with E-state index in [1.54, 1.807) is 6.07 Å². The van der Waals surface area contributed by atoms with Crippen LogP contribution in [0.4, 0.5) is 17.1 Å². The molecule has 0 spiro atoms. The standard InChI is InChI=1S/C13H10ClN3O3/c14-11-5-4-8(6-12(11)15)13(18)16-9-2-1-3-10(7-9)17(19)20/h1-7H,15H2,(H,16,18). The van der Waals surface area contributed by atoms with Crippen molar-refractivity contribution in [2.45, 2.75) is 0 Å². The molecule has 2 aromatic rings. The van der Waals surface area contributed by atoms with E-state index in [-0.39, 0.29) is 5.69 Å². The Morgan fingerprint density at radius 3 is 2.65 bits per heavy atom. The summed E-state index contributed by atoms with van der Waals surface area (Å²) in [7, 11) is 0. The zero-order valence-electron chi connectivity index (χ0n) is 10.2. The number of non-ortho nitro benzene ring substituents is 1. The Balaban J connectivity index is 2.21. The van der Waals surface area contributed by atoms with E-state index in [0.717, 1.165) is 0 Å². The number of hydrogen-bond acceptors (Lipinski definition) is 4. The van der Waals surface area contributed by atoms with Gasteiger partial charge in [-0.3, -0.25) is 14.9 Å². The van der Waals surface area contributed by atoms with Crippen molar-refractivity contribution in [3.63, 3.8) is 0 Å². The number of nitrogens with one attached hydrogen (secondary N) is 1. The van der Waals surface area contributed by atoms with Gasteiger partial charge in [0.2, 0.25) is 0 Å². The molecular formula is C13H10ClN3O3. The first kappa shape index (κ1) is 13.8. The molecule has 0 heterocycles. The van der Waals surface area contributed by atoms with Crippen LogP contribution in [0.5, 0.6) is 0 Å². The number of benzene rings is 2. The average Bonchev–Trinajstić information content (AvgIpc) is 2.42. The quantitative estimate of drug-likeness (QED) is 0.516. The minimum Gasteiger partial charge on any atom is -0.398 e. The van der Waals surface area contributed by atoms with Gasteiger partial charge in [0.1, 0.15) is 0 Å². The van der Waals surface area contributed by atoms with Crippen molar-refractivity contribution in [1.29, 1.82) is 0 Å². The fraction of sp³-hybridized carbons (Fsp3) is 0. The van der Waals surface area contributed by atoms with Crippen molar-refractivity contribution < 1.29 is 9.72 Å². The molecule has 2 aromatic carbocycles. The van der Waals surface area contributed by atoms with Gasteiger partial charge in [-0.15, -0.1) is 0 Å². The molecule has 3 N–H and O–H groups in total. The van der Waals surface area contributed by atoms with Crippen LogP contribution in [-0.2, 0) is 0 Å². The molecule has 0 atom stereocenters. The maximum absolute atomic E-state index is 12.0. The molecule has 0 aromatic heterocycles. The second-order valence-corrected chi connectivity index (χ2v) is 4.41. The lowest BCUT2D eigenvalue weighted by atomic mass is 10.2. The van der Waals surface area contributed by atoms with Crippen LogP contribution in [0.3, 0.4) is 0 Å². The number of anilines is 2. The Kier molecular flexibility index (Phi) is 3.86. The SMILES string of the molecule is Nc1cc(C(=O)Nc2cccc([N+](=O)[O-])c2)ccc1Cl. The summed E-state index contributed by atoms with van der Waals surface area (Å²) < 4.78 is 0. The molecule has 7 heteroatoms. The van der Waals surface area contributed by atoms with Gasteiger partial charge in [-0.25, -0.2) is 0 Å². The lowest BCUT2D eigenvalue weighted by Crippen LogP contribution is -2.12. The molecule has 0 unspecified atom stereocenters. The van der Waals surface area contributed by atoms with Crippen molar-refractivity contribution >= 4 is 34.6 Å². The van der Waals surface area contributed by atoms with Crippen molar-refractivity contribution in [1.82, 2.24) is 0 Å². The monoisotopic (exact) mass is 291 g/mol. The lowest BCUT2D eigenvalue weighted by molar-refractivity contribution is -0.384. The molecule has 1 amide bonds. The maximum atomic E-state index is 12.0. The summed E-state index contributed by atoms with van der Waals surface area (Å²) in [6.07, 6.45) is 0. The summed E-state index contributed by atoms with van der Waals surface area (Å²) in [5, 5.41) is 13.6. The van der Waals surface area contributed by atoms with Crippen molar-refractivity contribution in [2.24, 2.45) is 0 Å². The van der Waals surface area contributed by atoms with Gasteiger partial charge in [0.05, 0.1) is 15.6 Å². The van der Waals surface area contributed by atoms with Gasteiger partial charge < -0.3 is 11.1 Å². The molecule has 102 valence electrons. The molecule has 0 aliphatic carbocycles. The summed E-state index contributed by atoms with van der Waals surface area (Å²) in [5.74, 6) is -0.422. The van der Waals surface area contributed by atoms with Gasteiger partial charge in [0, 0.05) is 23.4 Å².